The van der Waals surface area contributed by atoms with E-state index in [9.17, 15) is 4.79 Å². The number of fused-ring (bicyclic) bond motifs is 1. The van der Waals surface area contributed by atoms with Crippen LogP contribution in [0.4, 0.5) is 0 Å². The number of carbonyl (C=O) groups excluding carboxylic acids is 1. The molecule has 2 N–H and O–H groups in total. The first kappa shape index (κ1) is 15.6. The maximum absolute atomic E-state index is 12.2. The van der Waals surface area contributed by atoms with Crippen LogP contribution in [0.2, 0.25) is 0 Å². The number of amides is 1. The molecule has 4 rings (SSSR count). The molecular formula is C18H19N5O2. The predicted molar refractivity (Wildman–Crippen MR) is 93.7 cm³/mol. The topological polar surface area (TPSA) is 95.1 Å². The molecule has 0 spiro atoms. The number of hydrogen-bond donors (Lipinski definition) is 2. The Bertz CT molecular complexity index is 908. The summed E-state index contributed by atoms with van der Waals surface area (Å²) in [5, 5.41) is 19.0. The SMILES string of the molecule is CN1C(=N)N[C@](C)(C2C=C(c3ccc4nonc4c3)C=CC2)CC1=O. The largest absolute Gasteiger partial charge is 0.350 e. The third kappa shape index (κ3) is 2.61. The summed E-state index contributed by atoms with van der Waals surface area (Å²) in [5.41, 5.74) is 3.07. The second-order valence-electron chi connectivity index (χ2n) is 6.85. The summed E-state index contributed by atoms with van der Waals surface area (Å²) in [7, 11) is 1.63. The van der Waals surface area contributed by atoms with E-state index in [2.05, 4.69) is 33.9 Å². The van der Waals surface area contributed by atoms with Gasteiger partial charge in [0.1, 0.15) is 11.0 Å². The van der Waals surface area contributed by atoms with Gasteiger partial charge in [-0.25, -0.2) is 4.63 Å². The van der Waals surface area contributed by atoms with Crippen LogP contribution in [0.5, 0.6) is 0 Å². The molecule has 1 amide bonds. The molecule has 0 bridgehead atoms. The van der Waals surface area contributed by atoms with E-state index in [0.717, 1.165) is 28.6 Å². The van der Waals surface area contributed by atoms with Crippen molar-refractivity contribution in [2.24, 2.45) is 5.92 Å². The second-order valence-corrected chi connectivity index (χ2v) is 6.85. The molecule has 1 saturated heterocycles. The fourth-order valence-corrected chi connectivity index (χ4v) is 3.46. The van der Waals surface area contributed by atoms with Gasteiger partial charge in [-0.1, -0.05) is 24.3 Å². The molecule has 0 radical (unpaired) electrons. The van der Waals surface area contributed by atoms with E-state index in [1.807, 2.05) is 25.1 Å². The highest BCUT2D eigenvalue weighted by atomic mass is 16.6. The molecule has 1 fully saturated rings. The Kier molecular flexibility index (Phi) is 3.45. The number of rotatable bonds is 2. The summed E-state index contributed by atoms with van der Waals surface area (Å²) in [5.74, 6) is 0.223. The van der Waals surface area contributed by atoms with Crippen molar-refractivity contribution in [3.05, 3.63) is 42.0 Å². The van der Waals surface area contributed by atoms with Crippen LogP contribution in [0.25, 0.3) is 16.6 Å². The van der Waals surface area contributed by atoms with Crippen molar-refractivity contribution in [1.82, 2.24) is 20.5 Å². The third-order valence-corrected chi connectivity index (χ3v) is 5.11. The zero-order chi connectivity index (χ0) is 17.6. The standard InChI is InChI=1S/C18H19N5O2/c1-18(10-16(24)23(2)17(19)20-18)13-5-3-4-11(8-13)12-6-7-14-15(9-12)22-25-21-14/h3-4,6-9,13H,5,10H2,1-2H3,(H2,19,20)/t13?,18-/m0/s1. The van der Waals surface area contributed by atoms with Gasteiger partial charge in [-0.3, -0.25) is 15.1 Å². The Labute approximate surface area is 144 Å². The minimum absolute atomic E-state index is 0.0363. The molecule has 1 aliphatic heterocycles. The Morgan fingerprint density at radius 3 is 2.96 bits per heavy atom. The van der Waals surface area contributed by atoms with Gasteiger partial charge in [-0.15, -0.1) is 0 Å². The molecule has 0 saturated carbocycles. The van der Waals surface area contributed by atoms with Gasteiger partial charge >= 0.3 is 0 Å². The van der Waals surface area contributed by atoms with E-state index in [1.54, 1.807) is 7.05 Å². The normalized spacial score (nSPS) is 26.7. The lowest BCUT2D eigenvalue weighted by atomic mass is 9.76. The molecule has 1 aromatic heterocycles. The Hall–Kier alpha value is -2.96. The first-order valence-electron chi connectivity index (χ1n) is 8.21. The van der Waals surface area contributed by atoms with Crippen molar-refractivity contribution in [2.75, 3.05) is 7.05 Å². The molecule has 1 aromatic carbocycles. The Balaban J connectivity index is 1.66. The highest BCUT2D eigenvalue weighted by Gasteiger charge is 2.41. The highest BCUT2D eigenvalue weighted by molar-refractivity contribution is 5.99. The minimum atomic E-state index is -0.476. The predicted octanol–water partition coefficient (Wildman–Crippen LogP) is 2.33. The van der Waals surface area contributed by atoms with Gasteiger partial charge in [0, 0.05) is 13.0 Å². The number of hydrogen-bond acceptors (Lipinski definition) is 5. The van der Waals surface area contributed by atoms with Crippen molar-refractivity contribution in [3.63, 3.8) is 0 Å². The minimum Gasteiger partial charge on any atom is -0.350 e. The van der Waals surface area contributed by atoms with Crippen molar-refractivity contribution in [2.45, 2.75) is 25.3 Å². The van der Waals surface area contributed by atoms with Crippen LogP contribution in [0.3, 0.4) is 0 Å². The molecule has 7 nitrogen and oxygen atoms in total. The molecule has 128 valence electrons. The fraction of sp³-hybridized carbons (Fsp3) is 0.333. The smallest absolute Gasteiger partial charge is 0.231 e. The number of nitrogens with zero attached hydrogens (tertiary/aromatic N) is 3. The van der Waals surface area contributed by atoms with E-state index in [4.69, 9.17) is 10.0 Å². The maximum Gasteiger partial charge on any atom is 0.231 e. The molecule has 2 aromatic rings. The summed E-state index contributed by atoms with van der Waals surface area (Å²) < 4.78 is 4.76. The summed E-state index contributed by atoms with van der Waals surface area (Å²) >= 11 is 0. The Morgan fingerprint density at radius 1 is 1.36 bits per heavy atom. The van der Waals surface area contributed by atoms with Gasteiger partial charge < -0.3 is 5.32 Å². The maximum atomic E-state index is 12.2. The van der Waals surface area contributed by atoms with E-state index < -0.39 is 5.54 Å². The number of benzene rings is 1. The van der Waals surface area contributed by atoms with Crippen molar-refractivity contribution in [1.29, 1.82) is 5.41 Å². The average molecular weight is 337 g/mol. The molecule has 2 aliphatic rings. The second kappa shape index (κ2) is 5.54. The van der Waals surface area contributed by atoms with Crippen LogP contribution in [0.1, 0.15) is 25.3 Å². The summed E-state index contributed by atoms with van der Waals surface area (Å²) in [6.07, 6.45) is 7.56. The van der Waals surface area contributed by atoms with Gasteiger partial charge in [0.05, 0.1) is 12.0 Å². The number of guanidine groups is 1. The molecule has 2 atom stereocenters. The van der Waals surface area contributed by atoms with E-state index in [1.165, 1.54) is 4.90 Å². The lowest BCUT2D eigenvalue weighted by molar-refractivity contribution is -0.129. The van der Waals surface area contributed by atoms with E-state index in [-0.39, 0.29) is 17.8 Å². The summed E-state index contributed by atoms with van der Waals surface area (Å²) in [6.45, 7) is 2.01. The molecular weight excluding hydrogens is 318 g/mol. The molecule has 1 unspecified atom stereocenters. The van der Waals surface area contributed by atoms with Crippen molar-refractivity contribution >= 4 is 28.5 Å². The van der Waals surface area contributed by atoms with Gasteiger partial charge in [0.2, 0.25) is 5.91 Å². The van der Waals surface area contributed by atoms with Gasteiger partial charge in [0.25, 0.3) is 0 Å². The number of aromatic nitrogens is 2. The first-order chi connectivity index (χ1) is 12.0. The summed E-state index contributed by atoms with van der Waals surface area (Å²) in [4.78, 5) is 13.6. The average Bonchev–Trinajstić information content (AvgIpc) is 3.07. The van der Waals surface area contributed by atoms with E-state index >= 15 is 0 Å². The van der Waals surface area contributed by atoms with Crippen LogP contribution < -0.4 is 5.32 Å². The molecule has 25 heavy (non-hydrogen) atoms. The molecule has 2 heterocycles. The van der Waals surface area contributed by atoms with Crippen molar-refractivity contribution in [3.8, 4) is 0 Å². The van der Waals surface area contributed by atoms with Crippen molar-refractivity contribution < 1.29 is 9.42 Å². The lowest BCUT2D eigenvalue weighted by Gasteiger charge is -2.44. The van der Waals surface area contributed by atoms with Crippen LogP contribution in [0, 0.1) is 11.3 Å². The number of allylic oxidation sites excluding steroid dienone is 3. The van der Waals surface area contributed by atoms with Gasteiger partial charge in [-0.05, 0) is 46.9 Å². The highest BCUT2D eigenvalue weighted by Crippen LogP contribution is 2.35. The molecule has 7 heteroatoms. The lowest BCUT2D eigenvalue weighted by Crippen LogP contribution is -2.62. The van der Waals surface area contributed by atoms with E-state index in [0.29, 0.717) is 6.42 Å². The third-order valence-electron chi connectivity index (χ3n) is 5.11. The van der Waals surface area contributed by atoms with Crippen LogP contribution in [0.15, 0.2) is 41.1 Å². The summed E-state index contributed by atoms with van der Waals surface area (Å²) in [6, 6.07) is 5.82. The van der Waals surface area contributed by atoms with Crippen LogP contribution in [-0.4, -0.2) is 39.7 Å². The van der Waals surface area contributed by atoms with Gasteiger partial charge in [0.15, 0.2) is 5.96 Å². The monoisotopic (exact) mass is 337 g/mol. The molecule has 1 aliphatic carbocycles. The first-order valence-corrected chi connectivity index (χ1v) is 8.21. The van der Waals surface area contributed by atoms with Gasteiger partial charge in [-0.2, -0.15) is 0 Å². The fourth-order valence-electron chi connectivity index (χ4n) is 3.46. The van der Waals surface area contributed by atoms with Crippen LogP contribution >= 0.6 is 0 Å². The van der Waals surface area contributed by atoms with Crippen LogP contribution in [-0.2, 0) is 4.79 Å². The quantitative estimate of drug-likeness (QED) is 0.877. The number of nitrogens with one attached hydrogen (secondary N) is 2. The number of carbonyl (C=O) groups is 1. The zero-order valence-electron chi connectivity index (χ0n) is 14.1. The zero-order valence-corrected chi connectivity index (χ0v) is 14.1. The Morgan fingerprint density at radius 2 is 2.16 bits per heavy atom.